The molecule has 1 atom stereocenters. The van der Waals surface area contributed by atoms with Crippen molar-refractivity contribution < 1.29 is 0 Å². The number of hydrogen-bond acceptors (Lipinski definition) is 2. The average Bonchev–Trinajstić information content (AvgIpc) is 3.09. The Labute approximate surface area is 126 Å². The molecule has 0 bridgehead atoms. The average molecular weight is 278 g/mol. The first kappa shape index (κ1) is 13.0. The summed E-state index contributed by atoms with van der Waals surface area (Å²) in [7, 11) is 0. The molecular formula is C19H22N2. The lowest BCUT2D eigenvalue weighted by atomic mass is 9.86. The largest absolute Gasteiger partial charge is 0.300 e. The fraction of sp³-hybridized carbons (Fsp3) is 0.421. The Morgan fingerprint density at radius 3 is 2.52 bits per heavy atom. The van der Waals surface area contributed by atoms with E-state index in [1.54, 1.807) is 11.1 Å². The predicted molar refractivity (Wildman–Crippen MR) is 86.3 cm³/mol. The molecule has 1 aliphatic heterocycles. The lowest BCUT2D eigenvalue weighted by molar-refractivity contribution is 0.222. The van der Waals surface area contributed by atoms with Crippen molar-refractivity contribution in [1.29, 1.82) is 0 Å². The summed E-state index contributed by atoms with van der Waals surface area (Å²) < 4.78 is 0. The van der Waals surface area contributed by atoms with Gasteiger partial charge in [0.2, 0.25) is 0 Å². The Morgan fingerprint density at radius 1 is 0.905 bits per heavy atom. The molecule has 0 saturated carbocycles. The summed E-state index contributed by atoms with van der Waals surface area (Å²) in [4.78, 5) is 6.81. The predicted octanol–water partition coefficient (Wildman–Crippen LogP) is 3.70. The molecule has 2 aromatic rings. The van der Waals surface area contributed by atoms with Gasteiger partial charge in [-0.25, -0.2) is 0 Å². The Morgan fingerprint density at radius 2 is 1.71 bits per heavy atom. The summed E-state index contributed by atoms with van der Waals surface area (Å²) in [5.41, 5.74) is 5.72. The maximum Gasteiger partial charge on any atom is 0.0273 e. The van der Waals surface area contributed by atoms with Crippen molar-refractivity contribution in [2.24, 2.45) is 0 Å². The zero-order valence-corrected chi connectivity index (χ0v) is 12.5. The number of benzene rings is 1. The number of aryl methyl sites for hydroxylation is 1. The third kappa shape index (κ3) is 2.60. The molecule has 2 nitrogen and oxygen atoms in total. The molecule has 0 N–H and O–H groups in total. The Kier molecular flexibility index (Phi) is 3.48. The summed E-state index contributed by atoms with van der Waals surface area (Å²) in [5, 5.41) is 0. The molecule has 1 aromatic carbocycles. The van der Waals surface area contributed by atoms with E-state index in [2.05, 4.69) is 40.2 Å². The summed E-state index contributed by atoms with van der Waals surface area (Å²) in [6, 6.07) is 12.0. The van der Waals surface area contributed by atoms with E-state index >= 15 is 0 Å². The summed E-state index contributed by atoms with van der Waals surface area (Å²) in [5.74, 6) is 0. The minimum absolute atomic E-state index is 0.784. The van der Waals surface area contributed by atoms with Crippen LogP contribution in [0, 0.1) is 0 Å². The molecule has 0 spiro atoms. The number of rotatable bonds is 2. The first-order chi connectivity index (χ1) is 10.4. The maximum absolute atomic E-state index is 4.11. The Bertz CT molecular complexity index is 615. The molecule has 1 aliphatic carbocycles. The van der Waals surface area contributed by atoms with Crippen molar-refractivity contribution in [3.05, 3.63) is 53.9 Å². The van der Waals surface area contributed by atoms with Gasteiger partial charge < -0.3 is 4.90 Å². The highest BCUT2D eigenvalue weighted by molar-refractivity contribution is 5.64. The summed E-state index contributed by atoms with van der Waals surface area (Å²) in [6.07, 6.45) is 10.3. The van der Waals surface area contributed by atoms with Crippen LogP contribution in [0.25, 0.3) is 11.1 Å². The maximum atomic E-state index is 4.11. The second-order valence-electron chi connectivity index (χ2n) is 6.36. The highest BCUT2D eigenvalue weighted by Gasteiger charge is 2.26. The van der Waals surface area contributed by atoms with E-state index in [0.29, 0.717) is 0 Å². The molecule has 21 heavy (non-hydrogen) atoms. The van der Waals surface area contributed by atoms with E-state index in [4.69, 9.17) is 0 Å². The summed E-state index contributed by atoms with van der Waals surface area (Å²) >= 11 is 0. The molecule has 1 saturated heterocycles. The van der Waals surface area contributed by atoms with Crippen molar-refractivity contribution in [2.45, 2.75) is 38.1 Å². The van der Waals surface area contributed by atoms with Crippen molar-refractivity contribution in [1.82, 2.24) is 9.88 Å². The number of pyridine rings is 1. The van der Waals surface area contributed by atoms with E-state index in [1.165, 1.54) is 56.3 Å². The zero-order valence-electron chi connectivity index (χ0n) is 12.5. The molecule has 108 valence electrons. The highest BCUT2D eigenvalue weighted by Crippen LogP contribution is 2.30. The smallest absolute Gasteiger partial charge is 0.0273 e. The second-order valence-corrected chi connectivity index (χ2v) is 6.36. The van der Waals surface area contributed by atoms with E-state index in [9.17, 15) is 0 Å². The quantitative estimate of drug-likeness (QED) is 0.832. The third-order valence-corrected chi connectivity index (χ3v) is 5.08. The van der Waals surface area contributed by atoms with Crippen LogP contribution in [0.3, 0.4) is 0 Å². The monoisotopic (exact) mass is 278 g/mol. The first-order valence-corrected chi connectivity index (χ1v) is 8.16. The van der Waals surface area contributed by atoms with Gasteiger partial charge in [-0.2, -0.15) is 0 Å². The summed E-state index contributed by atoms with van der Waals surface area (Å²) in [6.45, 7) is 2.63. The van der Waals surface area contributed by atoms with Crippen LogP contribution in [-0.4, -0.2) is 29.0 Å². The van der Waals surface area contributed by atoms with Gasteiger partial charge in [0, 0.05) is 18.4 Å². The van der Waals surface area contributed by atoms with E-state index in [0.717, 1.165) is 6.04 Å². The molecule has 1 aromatic heterocycles. The first-order valence-electron chi connectivity index (χ1n) is 8.16. The number of aromatic nitrogens is 1. The minimum atomic E-state index is 0.784. The molecule has 2 heterocycles. The standard InChI is InChI=1S/C19H22N2/c1-2-12-21(11-1)19-6-5-17-13-16(3-4-18(17)14-19)15-7-9-20-10-8-15/h3-4,7-10,13,19H,1-2,5-6,11-12,14H2. The van der Waals surface area contributed by atoms with Crippen LogP contribution < -0.4 is 0 Å². The van der Waals surface area contributed by atoms with Gasteiger partial charge in [-0.3, -0.25) is 4.98 Å². The molecule has 1 fully saturated rings. The van der Waals surface area contributed by atoms with E-state index < -0.39 is 0 Å². The van der Waals surface area contributed by atoms with E-state index in [-0.39, 0.29) is 0 Å². The number of likely N-dealkylation sites (tertiary alicyclic amines) is 1. The van der Waals surface area contributed by atoms with Gasteiger partial charge >= 0.3 is 0 Å². The van der Waals surface area contributed by atoms with E-state index in [1.807, 2.05) is 12.4 Å². The molecule has 0 amide bonds. The van der Waals surface area contributed by atoms with Crippen LogP contribution in [0.15, 0.2) is 42.7 Å². The normalized spacial score (nSPS) is 22.2. The van der Waals surface area contributed by atoms with Gasteiger partial charge in [0.05, 0.1) is 0 Å². The SMILES string of the molecule is c1cc(-c2ccc3c(c2)CCC(N2CCCC2)C3)ccn1. The van der Waals surface area contributed by atoms with Crippen LogP contribution in [-0.2, 0) is 12.8 Å². The number of fused-ring (bicyclic) bond motifs is 1. The molecular weight excluding hydrogens is 256 g/mol. The third-order valence-electron chi connectivity index (χ3n) is 5.08. The van der Waals surface area contributed by atoms with Crippen molar-refractivity contribution in [3.8, 4) is 11.1 Å². The van der Waals surface area contributed by atoms with Crippen molar-refractivity contribution >= 4 is 0 Å². The minimum Gasteiger partial charge on any atom is -0.300 e. The van der Waals surface area contributed by atoms with Gasteiger partial charge in [0.15, 0.2) is 0 Å². The van der Waals surface area contributed by atoms with Gasteiger partial charge in [-0.15, -0.1) is 0 Å². The fourth-order valence-corrected chi connectivity index (χ4v) is 3.88. The van der Waals surface area contributed by atoms with Gasteiger partial charge in [-0.1, -0.05) is 18.2 Å². The zero-order chi connectivity index (χ0) is 14.1. The topological polar surface area (TPSA) is 16.1 Å². The second kappa shape index (κ2) is 5.61. The van der Waals surface area contributed by atoms with Gasteiger partial charge in [0.1, 0.15) is 0 Å². The Hall–Kier alpha value is -1.67. The fourth-order valence-electron chi connectivity index (χ4n) is 3.88. The lowest BCUT2D eigenvalue weighted by Gasteiger charge is -2.32. The van der Waals surface area contributed by atoms with Gasteiger partial charge in [0.25, 0.3) is 0 Å². The molecule has 4 rings (SSSR count). The van der Waals surface area contributed by atoms with Crippen LogP contribution in [0.5, 0.6) is 0 Å². The molecule has 2 heteroatoms. The highest BCUT2D eigenvalue weighted by atomic mass is 15.2. The Balaban J connectivity index is 1.57. The van der Waals surface area contributed by atoms with Gasteiger partial charge in [-0.05, 0) is 79.6 Å². The number of nitrogens with zero attached hydrogens (tertiary/aromatic N) is 2. The van der Waals surface area contributed by atoms with Crippen molar-refractivity contribution in [3.63, 3.8) is 0 Å². The molecule has 2 aliphatic rings. The van der Waals surface area contributed by atoms with Crippen LogP contribution in [0.2, 0.25) is 0 Å². The van der Waals surface area contributed by atoms with Crippen LogP contribution in [0.4, 0.5) is 0 Å². The van der Waals surface area contributed by atoms with Crippen LogP contribution >= 0.6 is 0 Å². The lowest BCUT2D eigenvalue weighted by Crippen LogP contribution is -2.37. The van der Waals surface area contributed by atoms with Crippen LogP contribution in [0.1, 0.15) is 30.4 Å². The van der Waals surface area contributed by atoms with Crippen molar-refractivity contribution in [2.75, 3.05) is 13.1 Å². The molecule has 1 unspecified atom stereocenters. The molecule has 0 radical (unpaired) electrons. The number of hydrogen-bond donors (Lipinski definition) is 0.